The normalized spacial score (nSPS) is 14.0. The Hall–Kier alpha value is -3.09. The lowest BCUT2D eigenvalue weighted by Crippen LogP contribution is -2.37. The van der Waals surface area contributed by atoms with E-state index < -0.39 is 0 Å². The molecule has 7 nitrogen and oxygen atoms in total. The van der Waals surface area contributed by atoms with E-state index in [9.17, 15) is 4.79 Å². The highest BCUT2D eigenvalue weighted by Crippen LogP contribution is 2.17. The molecule has 29 heavy (non-hydrogen) atoms. The fraction of sp³-hybridized carbons (Fsp3) is 0.409. The number of rotatable bonds is 7. The third-order valence-corrected chi connectivity index (χ3v) is 5.05. The number of guanidine groups is 1. The molecule has 1 fully saturated rings. The van der Waals surface area contributed by atoms with Crippen molar-refractivity contribution in [2.45, 2.75) is 25.8 Å². The number of aromatic nitrogens is 1. The van der Waals surface area contributed by atoms with Gasteiger partial charge in [-0.15, -0.1) is 0 Å². The Balaban J connectivity index is 1.44. The molecule has 1 aliphatic rings. The summed E-state index contributed by atoms with van der Waals surface area (Å²) in [6.45, 7) is 3.60. The predicted molar refractivity (Wildman–Crippen MR) is 117 cm³/mol. The van der Waals surface area contributed by atoms with Crippen LogP contribution in [0.2, 0.25) is 0 Å². The highest BCUT2D eigenvalue weighted by Gasteiger charge is 2.13. The molecule has 1 aromatic carbocycles. The van der Waals surface area contributed by atoms with Gasteiger partial charge in [-0.25, -0.2) is 4.98 Å². The number of carbonyl (C=O) groups excluding carboxylic acids is 1. The first-order valence-electron chi connectivity index (χ1n) is 10.1. The molecule has 0 bridgehead atoms. The smallest absolute Gasteiger partial charge is 0.251 e. The van der Waals surface area contributed by atoms with Crippen LogP contribution in [0.3, 0.4) is 0 Å². The van der Waals surface area contributed by atoms with Crippen molar-refractivity contribution < 1.29 is 4.79 Å². The van der Waals surface area contributed by atoms with E-state index in [1.807, 2.05) is 30.5 Å². The molecule has 7 heteroatoms. The van der Waals surface area contributed by atoms with Crippen LogP contribution < -0.4 is 20.9 Å². The van der Waals surface area contributed by atoms with E-state index in [2.05, 4.69) is 43.0 Å². The topological polar surface area (TPSA) is 81.6 Å². The molecule has 1 aromatic heterocycles. The Morgan fingerprint density at radius 1 is 1.14 bits per heavy atom. The number of hydrogen-bond acceptors (Lipinski definition) is 4. The Morgan fingerprint density at radius 2 is 1.97 bits per heavy atom. The molecule has 2 aromatic rings. The van der Waals surface area contributed by atoms with Crippen molar-refractivity contribution in [3.05, 3.63) is 59.3 Å². The zero-order chi connectivity index (χ0) is 20.5. The summed E-state index contributed by atoms with van der Waals surface area (Å²) in [4.78, 5) is 22.9. The SMILES string of the molecule is CN=C(NCCc1cccc(C(=O)NC)c1)NCc1ccc(N2CCCC2)nc1. The molecule has 0 atom stereocenters. The molecule has 2 heterocycles. The van der Waals surface area contributed by atoms with Crippen LogP contribution in [0.5, 0.6) is 0 Å². The quantitative estimate of drug-likeness (QED) is 0.494. The number of amides is 1. The summed E-state index contributed by atoms with van der Waals surface area (Å²) in [6, 6.07) is 11.9. The molecule has 0 saturated carbocycles. The van der Waals surface area contributed by atoms with Gasteiger partial charge in [-0.2, -0.15) is 0 Å². The number of carbonyl (C=O) groups is 1. The highest BCUT2D eigenvalue weighted by atomic mass is 16.1. The average Bonchev–Trinajstić information content (AvgIpc) is 3.31. The van der Waals surface area contributed by atoms with Crippen LogP contribution in [0.4, 0.5) is 5.82 Å². The molecule has 1 amide bonds. The lowest BCUT2D eigenvalue weighted by molar-refractivity contribution is 0.0963. The summed E-state index contributed by atoms with van der Waals surface area (Å²) >= 11 is 0. The van der Waals surface area contributed by atoms with Gasteiger partial charge in [-0.1, -0.05) is 18.2 Å². The first-order chi connectivity index (χ1) is 14.2. The lowest BCUT2D eigenvalue weighted by Gasteiger charge is -2.16. The van der Waals surface area contributed by atoms with Crippen molar-refractivity contribution in [2.24, 2.45) is 4.99 Å². The number of pyridine rings is 1. The minimum atomic E-state index is -0.0679. The number of nitrogens with zero attached hydrogens (tertiary/aromatic N) is 3. The van der Waals surface area contributed by atoms with Gasteiger partial charge in [0.2, 0.25) is 0 Å². The maximum Gasteiger partial charge on any atom is 0.251 e. The van der Waals surface area contributed by atoms with Crippen molar-refractivity contribution >= 4 is 17.7 Å². The zero-order valence-corrected chi connectivity index (χ0v) is 17.2. The Labute approximate surface area is 172 Å². The van der Waals surface area contributed by atoms with Crippen LogP contribution in [-0.4, -0.2) is 50.6 Å². The van der Waals surface area contributed by atoms with Crippen LogP contribution >= 0.6 is 0 Å². The van der Waals surface area contributed by atoms with Crippen LogP contribution in [0.15, 0.2) is 47.6 Å². The fourth-order valence-corrected chi connectivity index (χ4v) is 3.40. The summed E-state index contributed by atoms with van der Waals surface area (Å²) < 4.78 is 0. The largest absolute Gasteiger partial charge is 0.357 e. The zero-order valence-electron chi connectivity index (χ0n) is 17.2. The third-order valence-electron chi connectivity index (χ3n) is 5.05. The second-order valence-electron chi connectivity index (χ2n) is 7.10. The summed E-state index contributed by atoms with van der Waals surface area (Å²) in [5.74, 6) is 1.74. The Bertz CT molecular complexity index is 827. The van der Waals surface area contributed by atoms with Gasteiger partial charge in [0.25, 0.3) is 5.91 Å². The molecule has 0 spiro atoms. The second kappa shape index (κ2) is 10.5. The van der Waals surface area contributed by atoms with Crippen molar-refractivity contribution in [1.82, 2.24) is 20.9 Å². The van der Waals surface area contributed by atoms with Gasteiger partial charge in [0.05, 0.1) is 0 Å². The van der Waals surface area contributed by atoms with Crippen molar-refractivity contribution in [1.29, 1.82) is 0 Å². The Morgan fingerprint density at radius 3 is 2.66 bits per heavy atom. The van der Waals surface area contributed by atoms with E-state index in [0.29, 0.717) is 12.1 Å². The number of hydrogen-bond donors (Lipinski definition) is 3. The van der Waals surface area contributed by atoms with Crippen molar-refractivity contribution in [2.75, 3.05) is 38.6 Å². The second-order valence-corrected chi connectivity index (χ2v) is 7.10. The first kappa shape index (κ1) is 20.6. The molecule has 3 N–H and O–H groups in total. The van der Waals surface area contributed by atoms with Gasteiger partial charge in [-0.05, 0) is 48.6 Å². The molecular formula is C22H30N6O. The summed E-state index contributed by atoms with van der Waals surface area (Å²) in [7, 11) is 3.40. The molecule has 154 valence electrons. The lowest BCUT2D eigenvalue weighted by atomic mass is 10.1. The third kappa shape index (κ3) is 5.94. The summed E-state index contributed by atoms with van der Waals surface area (Å²) in [5.41, 5.74) is 2.90. The Kier molecular flexibility index (Phi) is 7.44. The fourth-order valence-electron chi connectivity index (χ4n) is 3.40. The van der Waals surface area contributed by atoms with Gasteiger partial charge in [0.15, 0.2) is 5.96 Å². The van der Waals surface area contributed by atoms with Crippen molar-refractivity contribution in [3.63, 3.8) is 0 Å². The number of nitrogens with one attached hydrogen (secondary N) is 3. The molecule has 0 unspecified atom stereocenters. The number of anilines is 1. The van der Waals surface area contributed by atoms with E-state index in [1.165, 1.54) is 12.8 Å². The van der Waals surface area contributed by atoms with Crippen LogP contribution in [0.1, 0.15) is 34.3 Å². The van der Waals surface area contributed by atoms with Crippen LogP contribution in [0.25, 0.3) is 0 Å². The first-order valence-corrected chi connectivity index (χ1v) is 10.1. The van der Waals surface area contributed by atoms with E-state index in [4.69, 9.17) is 0 Å². The standard InChI is InChI=1S/C22H30N6O/c1-23-21(29)19-7-5-6-17(14-19)10-11-25-22(24-2)27-16-18-8-9-20(26-15-18)28-12-3-4-13-28/h5-9,14-15H,3-4,10-13,16H2,1-2H3,(H,23,29)(H2,24,25,27). The predicted octanol–water partition coefficient (Wildman–Crippen LogP) is 1.95. The maximum absolute atomic E-state index is 11.7. The minimum Gasteiger partial charge on any atom is -0.357 e. The van der Waals surface area contributed by atoms with Gasteiger partial charge in [0, 0.05) is 52.0 Å². The van der Waals surface area contributed by atoms with Crippen LogP contribution in [-0.2, 0) is 13.0 Å². The van der Waals surface area contributed by atoms with Gasteiger partial charge < -0.3 is 20.9 Å². The molecule has 1 aliphatic heterocycles. The van der Waals surface area contributed by atoms with Gasteiger partial charge in [0.1, 0.15) is 5.82 Å². The van der Waals surface area contributed by atoms with E-state index >= 15 is 0 Å². The maximum atomic E-state index is 11.7. The van der Waals surface area contributed by atoms with Gasteiger partial charge in [-0.3, -0.25) is 9.79 Å². The summed E-state index contributed by atoms with van der Waals surface area (Å²) in [6.07, 6.45) is 5.24. The van der Waals surface area contributed by atoms with Crippen molar-refractivity contribution in [3.8, 4) is 0 Å². The molecule has 3 rings (SSSR count). The number of benzene rings is 1. The van der Waals surface area contributed by atoms with E-state index in [0.717, 1.165) is 49.0 Å². The molecule has 0 aliphatic carbocycles. The van der Waals surface area contributed by atoms with Gasteiger partial charge >= 0.3 is 0 Å². The summed E-state index contributed by atoms with van der Waals surface area (Å²) in [5, 5.41) is 9.29. The monoisotopic (exact) mass is 394 g/mol. The molecular weight excluding hydrogens is 364 g/mol. The average molecular weight is 395 g/mol. The highest BCUT2D eigenvalue weighted by molar-refractivity contribution is 5.94. The molecule has 0 radical (unpaired) electrons. The van der Waals surface area contributed by atoms with Crippen LogP contribution in [0, 0.1) is 0 Å². The van der Waals surface area contributed by atoms with E-state index in [-0.39, 0.29) is 5.91 Å². The molecule has 1 saturated heterocycles. The van der Waals surface area contributed by atoms with E-state index in [1.54, 1.807) is 14.1 Å². The number of aliphatic imine (C=N–C) groups is 1. The minimum absolute atomic E-state index is 0.0679.